The molecule has 0 amide bonds. The molecule has 48 heavy (non-hydrogen) atoms. The van der Waals surface area contributed by atoms with Gasteiger partial charge in [0.2, 0.25) is 16.0 Å². The van der Waals surface area contributed by atoms with Crippen molar-refractivity contribution in [1.29, 1.82) is 0 Å². The molecule has 0 bridgehead atoms. The molecule has 2 aromatic heterocycles. The molecule has 3 aromatic carbocycles. The predicted octanol–water partition coefficient (Wildman–Crippen LogP) is 6.04. The van der Waals surface area contributed by atoms with Gasteiger partial charge in [-0.1, -0.05) is 48.5 Å². The van der Waals surface area contributed by atoms with Crippen LogP contribution in [0.15, 0.2) is 72.8 Å². The van der Waals surface area contributed by atoms with E-state index in [9.17, 15) is 21.6 Å². The molecule has 5 aromatic rings. The summed E-state index contributed by atoms with van der Waals surface area (Å²) in [5.41, 5.74) is 11.1. The Balaban J connectivity index is 0.000000582. The SMILES string of the molecule is CC(C)S(=O)(=O)n1c(N)nc2ccc(-c3nc(-c4cccc(OCCN5CCCC5)c4)[nH]c3-c3ccccc3)cc21.O=C(O)C(F)(F)F. The highest BCUT2D eigenvalue weighted by Gasteiger charge is 2.38. The largest absolute Gasteiger partial charge is 0.492 e. The maximum absolute atomic E-state index is 13.1. The molecule has 4 N–H and O–H groups in total. The zero-order chi connectivity index (χ0) is 34.6. The minimum Gasteiger partial charge on any atom is -0.492 e. The van der Waals surface area contributed by atoms with Crippen LogP contribution in [0.2, 0.25) is 0 Å². The number of carboxylic acid groups (broad SMARTS) is 1. The van der Waals surface area contributed by atoms with Crippen LogP contribution in [0.1, 0.15) is 26.7 Å². The fraction of sp³-hybridized carbons (Fsp3) is 0.303. The highest BCUT2D eigenvalue weighted by Crippen LogP contribution is 2.36. The highest BCUT2D eigenvalue weighted by atomic mass is 32.2. The average Bonchev–Trinajstić information content (AvgIpc) is 3.80. The van der Waals surface area contributed by atoms with Gasteiger partial charge in [0.15, 0.2) is 0 Å². The van der Waals surface area contributed by atoms with Gasteiger partial charge in [0.1, 0.15) is 18.2 Å². The third kappa shape index (κ3) is 7.63. The summed E-state index contributed by atoms with van der Waals surface area (Å²) in [6, 6.07) is 23.3. The molecule has 1 aliphatic heterocycles. The Labute approximate surface area is 275 Å². The highest BCUT2D eigenvalue weighted by molar-refractivity contribution is 7.90. The lowest BCUT2D eigenvalue weighted by Gasteiger charge is -2.15. The minimum atomic E-state index is -5.08. The van der Waals surface area contributed by atoms with Crippen LogP contribution in [0.3, 0.4) is 0 Å². The van der Waals surface area contributed by atoms with E-state index in [-0.39, 0.29) is 5.95 Å². The van der Waals surface area contributed by atoms with Crippen molar-refractivity contribution < 1.29 is 36.2 Å². The second kappa shape index (κ2) is 14.1. The molecule has 11 nitrogen and oxygen atoms in total. The number of alkyl halides is 3. The molecule has 0 atom stereocenters. The first kappa shape index (κ1) is 34.4. The Hall–Kier alpha value is -4.89. The van der Waals surface area contributed by atoms with Gasteiger partial charge in [-0.25, -0.2) is 27.2 Å². The van der Waals surface area contributed by atoms with Crippen molar-refractivity contribution in [2.24, 2.45) is 0 Å². The van der Waals surface area contributed by atoms with E-state index in [1.165, 1.54) is 12.8 Å². The van der Waals surface area contributed by atoms with Gasteiger partial charge in [-0.2, -0.15) is 13.2 Å². The fourth-order valence-corrected chi connectivity index (χ4v) is 6.41. The van der Waals surface area contributed by atoms with Gasteiger partial charge in [-0.15, -0.1) is 0 Å². The van der Waals surface area contributed by atoms with Crippen molar-refractivity contribution in [3.63, 3.8) is 0 Å². The van der Waals surface area contributed by atoms with Crippen LogP contribution in [0.5, 0.6) is 5.75 Å². The number of likely N-dealkylation sites (tertiary alicyclic amines) is 1. The maximum atomic E-state index is 13.1. The van der Waals surface area contributed by atoms with Gasteiger partial charge in [0, 0.05) is 23.2 Å². The number of carboxylic acids is 1. The molecular formula is C33H35F3N6O5S. The maximum Gasteiger partial charge on any atom is 0.490 e. The number of hydrogen-bond acceptors (Lipinski definition) is 8. The van der Waals surface area contributed by atoms with Crippen molar-refractivity contribution in [3.05, 3.63) is 72.8 Å². The number of aliphatic carboxylic acids is 1. The molecule has 0 spiro atoms. The van der Waals surface area contributed by atoms with Crippen LogP contribution in [0, 0.1) is 0 Å². The Morgan fingerprint density at radius 1 is 0.979 bits per heavy atom. The first-order valence-corrected chi connectivity index (χ1v) is 16.7. The third-order valence-electron chi connectivity index (χ3n) is 7.75. The van der Waals surface area contributed by atoms with E-state index in [0.717, 1.165) is 51.7 Å². The number of fused-ring (bicyclic) bond motifs is 1. The molecule has 15 heteroatoms. The zero-order valence-corrected chi connectivity index (χ0v) is 27.1. The number of anilines is 1. The summed E-state index contributed by atoms with van der Waals surface area (Å²) in [5, 5.41) is 6.47. The third-order valence-corrected chi connectivity index (χ3v) is 9.84. The van der Waals surface area contributed by atoms with E-state index in [1.807, 2.05) is 60.7 Å². The second-order valence-corrected chi connectivity index (χ2v) is 13.8. The lowest BCUT2D eigenvalue weighted by atomic mass is 10.0. The summed E-state index contributed by atoms with van der Waals surface area (Å²) in [6.07, 6.45) is -2.56. The molecule has 0 radical (unpaired) electrons. The first-order chi connectivity index (χ1) is 22.8. The minimum absolute atomic E-state index is 0.0570. The molecule has 0 aliphatic carbocycles. The Bertz CT molecular complexity index is 2000. The van der Waals surface area contributed by atoms with Crippen molar-refractivity contribution in [2.45, 2.75) is 38.1 Å². The second-order valence-electron chi connectivity index (χ2n) is 11.4. The summed E-state index contributed by atoms with van der Waals surface area (Å²) in [4.78, 5) is 24.2. The Morgan fingerprint density at radius 3 is 2.29 bits per heavy atom. The van der Waals surface area contributed by atoms with E-state index in [0.29, 0.717) is 29.2 Å². The number of nitrogen functional groups attached to an aromatic ring is 1. The number of halogens is 3. The monoisotopic (exact) mass is 684 g/mol. The van der Waals surface area contributed by atoms with Gasteiger partial charge in [0.25, 0.3) is 0 Å². The number of carbonyl (C=O) groups is 1. The topological polar surface area (TPSA) is 156 Å². The first-order valence-electron chi connectivity index (χ1n) is 15.2. The number of aromatic amines is 1. The van der Waals surface area contributed by atoms with Crippen LogP contribution in [0.25, 0.3) is 44.9 Å². The van der Waals surface area contributed by atoms with Gasteiger partial charge in [-0.3, -0.25) is 4.90 Å². The molecular weight excluding hydrogens is 649 g/mol. The van der Waals surface area contributed by atoms with Crippen molar-refractivity contribution >= 4 is 33.0 Å². The van der Waals surface area contributed by atoms with E-state index in [1.54, 1.807) is 26.0 Å². The van der Waals surface area contributed by atoms with Crippen LogP contribution < -0.4 is 10.5 Å². The van der Waals surface area contributed by atoms with Crippen molar-refractivity contribution in [1.82, 2.24) is 23.8 Å². The van der Waals surface area contributed by atoms with Gasteiger partial charge >= 0.3 is 12.1 Å². The number of rotatable bonds is 9. The van der Waals surface area contributed by atoms with Crippen LogP contribution in [-0.2, 0) is 14.8 Å². The van der Waals surface area contributed by atoms with Crippen molar-refractivity contribution in [2.75, 3.05) is 32.0 Å². The number of benzene rings is 3. The lowest BCUT2D eigenvalue weighted by Crippen LogP contribution is -2.25. The quantitative estimate of drug-likeness (QED) is 0.169. The molecule has 254 valence electrons. The van der Waals surface area contributed by atoms with E-state index < -0.39 is 27.4 Å². The molecule has 3 heterocycles. The standard InChI is InChI=1S/C31H34N6O3S.C2HF3O2/c1-21(2)41(38,39)37-27-20-23(13-14-26(27)33-31(37)32)29-28(22-9-4-3-5-10-22)34-30(35-29)24-11-8-12-25(19-24)40-18-17-36-15-6-7-16-36;3-2(4,5)1(6)7/h3-5,8-14,19-21H,6-7,15-18H2,1-2H3,(H2,32,33)(H,34,35);(H,6,7). The Morgan fingerprint density at radius 2 is 1.65 bits per heavy atom. The average molecular weight is 685 g/mol. The number of ether oxygens (including phenoxy) is 1. The summed E-state index contributed by atoms with van der Waals surface area (Å²) in [6.45, 7) is 7.10. The molecule has 1 saturated heterocycles. The van der Waals surface area contributed by atoms with Gasteiger partial charge in [-0.05, 0) is 64.0 Å². The van der Waals surface area contributed by atoms with Crippen LogP contribution in [0.4, 0.5) is 19.1 Å². The normalized spacial score (nSPS) is 13.9. The number of hydrogen-bond donors (Lipinski definition) is 3. The number of imidazole rings is 2. The van der Waals surface area contributed by atoms with Crippen LogP contribution >= 0.6 is 0 Å². The molecule has 0 saturated carbocycles. The number of nitrogens with one attached hydrogen (secondary N) is 1. The van der Waals surface area contributed by atoms with E-state index in [4.69, 9.17) is 25.4 Å². The summed E-state index contributed by atoms with van der Waals surface area (Å²) in [7, 11) is -3.72. The predicted molar refractivity (Wildman–Crippen MR) is 177 cm³/mol. The molecule has 1 fully saturated rings. The smallest absolute Gasteiger partial charge is 0.490 e. The molecule has 6 rings (SSSR count). The number of aromatic nitrogens is 4. The number of nitrogens with two attached hydrogens (primary N) is 1. The lowest BCUT2D eigenvalue weighted by molar-refractivity contribution is -0.192. The van der Waals surface area contributed by atoms with E-state index >= 15 is 0 Å². The number of nitrogens with zero attached hydrogens (tertiary/aromatic N) is 4. The van der Waals surface area contributed by atoms with Gasteiger partial charge in [0.05, 0.1) is 27.7 Å². The molecule has 1 aliphatic rings. The van der Waals surface area contributed by atoms with Gasteiger partial charge < -0.3 is 20.6 Å². The van der Waals surface area contributed by atoms with Crippen LogP contribution in [-0.4, -0.2) is 81.0 Å². The summed E-state index contributed by atoms with van der Waals surface area (Å²) in [5.74, 6) is -1.33. The van der Waals surface area contributed by atoms with E-state index in [2.05, 4.69) is 14.9 Å². The summed E-state index contributed by atoms with van der Waals surface area (Å²) < 4.78 is 65.2. The summed E-state index contributed by atoms with van der Waals surface area (Å²) >= 11 is 0. The number of H-pyrrole nitrogens is 1. The van der Waals surface area contributed by atoms with Crippen molar-refractivity contribution in [3.8, 4) is 39.7 Å². The molecule has 0 unspecified atom stereocenters. The zero-order valence-electron chi connectivity index (χ0n) is 26.2. The Kier molecular flexibility index (Phi) is 10.1. The fourth-order valence-electron chi connectivity index (χ4n) is 5.26.